The van der Waals surface area contributed by atoms with Crippen LogP contribution in [0.5, 0.6) is 17.2 Å². The van der Waals surface area contributed by atoms with E-state index < -0.39 is 0 Å². The van der Waals surface area contributed by atoms with Gasteiger partial charge in [-0.2, -0.15) is 0 Å². The first kappa shape index (κ1) is 12.6. The average Bonchev–Trinajstić information content (AvgIpc) is 2.83. The third-order valence-corrected chi connectivity index (χ3v) is 3.44. The molecule has 3 rings (SSSR count). The zero-order chi connectivity index (χ0) is 14.3. The van der Waals surface area contributed by atoms with Crippen LogP contribution in [0.3, 0.4) is 0 Å². The van der Waals surface area contributed by atoms with Crippen molar-refractivity contribution in [3.05, 3.63) is 29.3 Å². The van der Waals surface area contributed by atoms with Crippen molar-refractivity contribution in [1.29, 1.82) is 0 Å². The highest BCUT2D eigenvalue weighted by molar-refractivity contribution is 6.02. The molecule has 0 fully saturated rings. The number of cyclic esters (lactones) is 1. The molecule has 1 heterocycles. The highest BCUT2D eigenvalue weighted by Gasteiger charge is 2.24. The van der Waals surface area contributed by atoms with Crippen molar-refractivity contribution in [2.45, 2.75) is 6.61 Å². The van der Waals surface area contributed by atoms with Crippen LogP contribution in [0.2, 0.25) is 0 Å². The fourth-order valence-electron chi connectivity index (χ4n) is 2.50. The molecule has 20 heavy (non-hydrogen) atoms. The molecule has 0 saturated carbocycles. The summed E-state index contributed by atoms with van der Waals surface area (Å²) >= 11 is 0. The first-order valence-electron chi connectivity index (χ1n) is 6.12. The minimum absolute atomic E-state index is 0.293. The summed E-state index contributed by atoms with van der Waals surface area (Å²) in [5.41, 5.74) is 1.44. The second-order valence-electron chi connectivity index (χ2n) is 4.45. The number of methoxy groups -OCH3 is 3. The predicted molar refractivity (Wildman–Crippen MR) is 72.7 cm³/mol. The van der Waals surface area contributed by atoms with E-state index in [1.165, 1.54) is 0 Å². The Bertz CT molecular complexity index is 705. The molecule has 0 amide bonds. The number of ether oxygens (including phenoxy) is 4. The van der Waals surface area contributed by atoms with Crippen LogP contribution < -0.4 is 14.2 Å². The normalized spacial score (nSPS) is 13.1. The summed E-state index contributed by atoms with van der Waals surface area (Å²) in [6, 6.07) is 5.52. The third kappa shape index (κ3) is 1.66. The van der Waals surface area contributed by atoms with E-state index in [4.69, 9.17) is 18.9 Å². The van der Waals surface area contributed by atoms with E-state index in [0.29, 0.717) is 29.4 Å². The number of fused-ring (bicyclic) bond motifs is 2. The van der Waals surface area contributed by atoms with Gasteiger partial charge in [0.1, 0.15) is 6.61 Å². The molecule has 1 aliphatic heterocycles. The summed E-state index contributed by atoms with van der Waals surface area (Å²) in [5.74, 6) is 1.38. The van der Waals surface area contributed by atoms with Crippen LogP contribution in [-0.4, -0.2) is 27.3 Å². The monoisotopic (exact) mass is 274 g/mol. The van der Waals surface area contributed by atoms with Gasteiger partial charge < -0.3 is 18.9 Å². The van der Waals surface area contributed by atoms with Crippen LogP contribution in [-0.2, 0) is 11.3 Å². The number of rotatable bonds is 3. The van der Waals surface area contributed by atoms with Gasteiger partial charge in [-0.1, -0.05) is 0 Å². The largest absolute Gasteiger partial charge is 0.493 e. The Morgan fingerprint density at radius 1 is 1.00 bits per heavy atom. The number of benzene rings is 2. The van der Waals surface area contributed by atoms with Gasteiger partial charge >= 0.3 is 5.97 Å². The average molecular weight is 274 g/mol. The maximum atomic E-state index is 11.6. The first-order chi connectivity index (χ1) is 9.69. The maximum Gasteiger partial charge on any atom is 0.338 e. The molecule has 2 aromatic rings. The van der Waals surface area contributed by atoms with Gasteiger partial charge in [-0.05, 0) is 23.6 Å². The van der Waals surface area contributed by atoms with Gasteiger partial charge in [-0.3, -0.25) is 0 Å². The number of esters is 1. The molecule has 2 aromatic carbocycles. The van der Waals surface area contributed by atoms with Crippen LogP contribution in [0.4, 0.5) is 0 Å². The molecule has 5 nitrogen and oxygen atoms in total. The summed E-state index contributed by atoms with van der Waals surface area (Å²) in [6.07, 6.45) is 0. The van der Waals surface area contributed by atoms with E-state index >= 15 is 0 Å². The Morgan fingerprint density at radius 2 is 1.75 bits per heavy atom. The molecule has 0 unspecified atom stereocenters. The minimum Gasteiger partial charge on any atom is -0.493 e. The van der Waals surface area contributed by atoms with Gasteiger partial charge in [0.15, 0.2) is 11.5 Å². The summed E-state index contributed by atoms with van der Waals surface area (Å²) in [4.78, 5) is 11.6. The van der Waals surface area contributed by atoms with Crippen molar-refractivity contribution in [2.75, 3.05) is 21.3 Å². The molecule has 1 aliphatic rings. The summed E-state index contributed by atoms with van der Waals surface area (Å²) in [7, 11) is 4.70. The lowest BCUT2D eigenvalue weighted by Gasteiger charge is -2.15. The Balaban J connectivity index is 2.37. The van der Waals surface area contributed by atoms with E-state index in [1.807, 2.05) is 12.1 Å². The molecule has 0 atom stereocenters. The summed E-state index contributed by atoms with van der Waals surface area (Å²) in [6.45, 7) is 0.293. The van der Waals surface area contributed by atoms with E-state index in [-0.39, 0.29) is 5.97 Å². The van der Waals surface area contributed by atoms with E-state index in [2.05, 4.69) is 0 Å². The smallest absolute Gasteiger partial charge is 0.338 e. The second-order valence-corrected chi connectivity index (χ2v) is 4.45. The summed E-state index contributed by atoms with van der Waals surface area (Å²) < 4.78 is 21.2. The van der Waals surface area contributed by atoms with Gasteiger partial charge in [0.25, 0.3) is 0 Å². The van der Waals surface area contributed by atoms with E-state index in [1.54, 1.807) is 27.4 Å². The topological polar surface area (TPSA) is 54.0 Å². The molecule has 5 heteroatoms. The lowest BCUT2D eigenvalue weighted by molar-refractivity contribution is 0.0535. The van der Waals surface area contributed by atoms with Crippen molar-refractivity contribution in [3.8, 4) is 17.2 Å². The number of carbonyl (C=O) groups is 1. The van der Waals surface area contributed by atoms with Crippen molar-refractivity contribution in [2.24, 2.45) is 0 Å². The molecule has 0 aromatic heterocycles. The fourth-order valence-corrected chi connectivity index (χ4v) is 2.50. The number of carbonyl (C=O) groups excluding carboxylic acids is 1. The van der Waals surface area contributed by atoms with Crippen molar-refractivity contribution in [3.63, 3.8) is 0 Å². The minimum atomic E-state index is -0.296. The van der Waals surface area contributed by atoms with Crippen LogP contribution in [0.15, 0.2) is 18.2 Å². The molecule has 0 aliphatic carbocycles. The zero-order valence-corrected chi connectivity index (χ0v) is 11.5. The molecular formula is C15H14O5. The van der Waals surface area contributed by atoms with E-state index in [0.717, 1.165) is 16.3 Å². The predicted octanol–water partition coefficient (Wildman–Crippen LogP) is 2.54. The number of hydrogen-bond acceptors (Lipinski definition) is 5. The Labute approximate surface area is 116 Å². The Kier molecular flexibility index (Phi) is 2.89. The van der Waals surface area contributed by atoms with Gasteiger partial charge in [-0.25, -0.2) is 4.79 Å². The maximum absolute atomic E-state index is 11.6. The standard InChI is InChI=1S/C15H14O5/c1-17-12-6-8-4-11-9(7-20-15(11)16)5-10(8)13(18-2)14(12)19-3/h4-6H,7H2,1-3H3. The molecular weight excluding hydrogens is 260 g/mol. The number of hydrogen-bond donors (Lipinski definition) is 0. The lowest BCUT2D eigenvalue weighted by atomic mass is 10.0. The molecule has 0 saturated heterocycles. The fraction of sp³-hybridized carbons (Fsp3) is 0.267. The van der Waals surface area contributed by atoms with Gasteiger partial charge in [0.05, 0.1) is 26.9 Å². The molecule has 0 bridgehead atoms. The van der Waals surface area contributed by atoms with Gasteiger partial charge in [-0.15, -0.1) is 0 Å². The van der Waals surface area contributed by atoms with E-state index in [9.17, 15) is 4.79 Å². The quantitative estimate of drug-likeness (QED) is 0.805. The van der Waals surface area contributed by atoms with Crippen molar-refractivity contribution >= 4 is 16.7 Å². The highest BCUT2D eigenvalue weighted by atomic mass is 16.5. The summed E-state index contributed by atoms with van der Waals surface area (Å²) in [5, 5.41) is 1.71. The van der Waals surface area contributed by atoms with Crippen LogP contribution >= 0.6 is 0 Å². The lowest BCUT2D eigenvalue weighted by Crippen LogP contribution is -1.98. The zero-order valence-electron chi connectivity index (χ0n) is 11.5. The van der Waals surface area contributed by atoms with Gasteiger partial charge in [0, 0.05) is 10.9 Å². The van der Waals surface area contributed by atoms with Crippen LogP contribution in [0.1, 0.15) is 15.9 Å². The molecule has 104 valence electrons. The van der Waals surface area contributed by atoms with Crippen LogP contribution in [0, 0.1) is 0 Å². The molecule has 0 spiro atoms. The Morgan fingerprint density at radius 3 is 2.40 bits per heavy atom. The third-order valence-electron chi connectivity index (χ3n) is 3.44. The van der Waals surface area contributed by atoms with Gasteiger partial charge in [0.2, 0.25) is 5.75 Å². The Hall–Kier alpha value is -2.43. The molecule has 0 radical (unpaired) electrons. The van der Waals surface area contributed by atoms with Crippen molar-refractivity contribution < 1.29 is 23.7 Å². The first-order valence-corrected chi connectivity index (χ1v) is 6.12. The second kappa shape index (κ2) is 4.59. The SMILES string of the molecule is COc1cc2cc3c(cc2c(OC)c1OC)COC3=O. The molecule has 0 N–H and O–H groups in total. The highest BCUT2D eigenvalue weighted by Crippen LogP contribution is 2.44. The van der Waals surface area contributed by atoms with Crippen molar-refractivity contribution in [1.82, 2.24) is 0 Å². The van der Waals surface area contributed by atoms with Crippen LogP contribution in [0.25, 0.3) is 10.8 Å².